The Hall–Kier alpha value is -2.74. The minimum Gasteiger partial charge on any atom is -0.493 e. The molecule has 0 aliphatic carbocycles. The molecule has 1 fully saturated rings. The Labute approximate surface area is 180 Å². The lowest BCUT2D eigenvalue weighted by Crippen LogP contribution is -2.33. The van der Waals surface area contributed by atoms with E-state index in [2.05, 4.69) is 12.1 Å². The van der Waals surface area contributed by atoms with Gasteiger partial charge < -0.3 is 28.6 Å². The number of hydrogen-bond acceptors (Lipinski definition) is 7. The van der Waals surface area contributed by atoms with Crippen molar-refractivity contribution < 1.29 is 28.5 Å². The van der Waals surface area contributed by atoms with Crippen LogP contribution < -0.4 is 23.7 Å². The highest BCUT2D eigenvalue weighted by molar-refractivity contribution is 7.99. The molecule has 0 saturated carbocycles. The van der Waals surface area contributed by atoms with E-state index in [1.807, 2.05) is 22.7 Å². The van der Waals surface area contributed by atoms with Gasteiger partial charge in [0.2, 0.25) is 12.5 Å². The zero-order valence-electron chi connectivity index (χ0n) is 17.3. The van der Waals surface area contributed by atoms with E-state index in [4.69, 9.17) is 23.7 Å². The number of nitrogens with zero attached hydrogens (tertiary/aromatic N) is 1. The van der Waals surface area contributed by atoms with E-state index in [-0.39, 0.29) is 12.7 Å². The summed E-state index contributed by atoms with van der Waals surface area (Å²) >= 11 is 1.86. The molecule has 0 bridgehead atoms. The van der Waals surface area contributed by atoms with E-state index in [0.717, 1.165) is 23.7 Å². The molecule has 2 aromatic carbocycles. The summed E-state index contributed by atoms with van der Waals surface area (Å²) in [4.78, 5) is 15.1. The lowest BCUT2D eigenvalue weighted by molar-refractivity contribution is 0.0765. The largest absolute Gasteiger partial charge is 0.493 e. The molecule has 1 saturated heterocycles. The third-order valence-electron chi connectivity index (χ3n) is 5.31. The Balaban J connectivity index is 1.50. The maximum absolute atomic E-state index is 13.2. The summed E-state index contributed by atoms with van der Waals surface area (Å²) in [5, 5.41) is 0.303. The number of ether oxygens (including phenoxy) is 5. The van der Waals surface area contributed by atoms with E-state index >= 15 is 0 Å². The van der Waals surface area contributed by atoms with Gasteiger partial charge in [0.25, 0.3) is 5.91 Å². The quantitative estimate of drug-likeness (QED) is 0.714. The summed E-state index contributed by atoms with van der Waals surface area (Å²) in [5.41, 5.74) is 1.72. The molecule has 0 N–H and O–H groups in total. The van der Waals surface area contributed by atoms with E-state index in [1.54, 1.807) is 33.5 Å². The highest BCUT2D eigenvalue weighted by Gasteiger charge is 2.26. The average Bonchev–Trinajstić information content (AvgIpc) is 3.12. The Kier molecular flexibility index (Phi) is 6.13. The Morgan fingerprint density at radius 1 is 1.00 bits per heavy atom. The van der Waals surface area contributed by atoms with Crippen LogP contribution in [0.1, 0.15) is 27.6 Å². The standard InChI is InChI=1S/C22H25NO6S/c1-25-18-11-15(12-19(26-2)21(18)27-3)22(24)23-7-6-20(30-9-8-23)14-4-5-16-17(10-14)29-13-28-16/h4-5,10-12,20H,6-9,13H2,1-3H3. The second kappa shape index (κ2) is 8.95. The summed E-state index contributed by atoms with van der Waals surface area (Å²) < 4.78 is 27.1. The van der Waals surface area contributed by atoms with Gasteiger partial charge in [0.15, 0.2) is 23.0 Å². The van der Waals surface area contributed by atoms with E-state index in [0.29, 0.717) is 41.2 Å². The predicted octanol–water partition coefficient (Wildman–Crippen LogP) is 3.76. The molecule has 2 aromatic rings. The van der Waals surface area contributed by atoms with Gasteiger partial charge >= 0.3 is 0 Å². The molecule has 1 unspecified atom stereocenters. The minimum atomic E-state index is -0.0406. The van der Waals surface area contributed by atoms with Crippen LogP contribution in [0, 0.1) is 0 Å². The van der Waals surface area contributed by atoms with Gasteiger partial charge in [-0.3, -0.25) is 4.79 Å². The highest BCUT2D eigenvalue weighted by Crippen LogP contribution is 2.41. The predicted molar refractivity (Wildman–Crippen MR) is 114 cm³/mol. The highest BCUT2D eigenvalue weighted by atomic mass is 32.2. The molecule has 4 rings (SSSR count). The number of carbonyl (C=O) groups is 1. The third-order valence-corrected chi connectivity index (χ3v) is 6.64. The van der Waals surface area contributed by atoms with Crippen LogP contribution in [0.4, 0.5) is 0 Å². The Morgan fingerprint density at radius 3 is 2.43 bits per heavy atom. The molecule has 2 aliphatic heterocycles. The van der Waals surface area contributed by atoms with Gasteiger partial charge in [-0.2, -0.15) is 11.8 Å². The van der Waals surface area contributed by atoms with Crippen molar-refractivity contribution in [3.8, 4) is 28.7 Å². The number of thioether (sulfide) groups is 1. The van der Waals surface area contributed by atoms with Crippen LogP contribution in [0.5, 0.6) is 28.7 Å². The SMILES string of the molecule is COc1cc(C(=O)N2CCSC(c3ccc4c(c3)OCO4)CC2)cc(OC)c1OC. The zero-order valence-corrected chi connectivity index (χ0v) is 18.1. The maximum Gasteiger partial charge on any atom is 0.254 e. The van der Waals surface area contributed by atoms with Crippen LogP contribution in [-0.4, -0.2) is 57.8 Å². The molecule has 8 heteroatoms. The molecular formula is C22H25NO6S. The van der Waals surface area contributed by atoms with Crippen molar-refractivity contribution in [2.24, 2.45) is 0 Å². The molecule has 7 nitrogen and oxygen atoms in total. The average molecular weight is 432 g/mol. The number of hydrogen-bond donors (Lipinski definition) is 0. The molecule has 0 aromatic heterocycles. The number of benzene rings is 2. The van der Waals surface area contributed by atoms with Crippen molar-refractivity contribution in [2.75, 3.05) is 47.0 Å². The lowest BCUT2D eigenvalue weighted by Gasteiger charge is -2.22. The number of carbonyl (C=O) groups excluding carboxylic acids is 1. The molecule has 2 aliphatic rings. The van der Waals surface area contributed by atoms with E-state index < -0.39 is 0 Å². The number of fused-ring (bicyclic) bond motifs is 1. The summed E-state index contributed by atoms with van der Waals surface area (Å²) in [7, 11) is 4.64. The number of rotatable bonds is 5. The van der Waals surface area contributed by atoms with Gasteiger partial charge in [0, 0.05) is 29.7 Å². The summed E-state index contributed by atoms with van der Waals surface area (Å²) in [6.45, 7) is 1.62. The number of amides is 1. The van der Waals surface area contributed by atoms with Gasteiger partial charge in [-0.05, 0) is 36.2 Å². The van der Waals surface area contributed by atoms with Gasteiger partial charge in [0.05, 0.1) is 21.3 Å². The zero-order chi connectivity index (χ0) is 21.1. The van der Waals surface area contributed by atoms with E-state index in [1.165, 1.54) is 5.56 Å². The summed E-state index contributed by atoms with van der Waals surface area (Å²) in [5.74, 6) is 3.83. The van der Waals surface area contributed by atoms with Crippen LogP contribution in [-0.2, 0) is 0 Å². The fourth-order valence-electron chi connectivity index (χ4n) is 3.74. The smallest absolute Gasteiger partial charge is 0.254 e. The molecule has 160 valence electrons. The van der Waals surface area contributed by atoms with Crippen LogP contribution in [0.2, 0.25) is 0 Å². The summed E-state index contributed by atoms with van der Waals surface area (Å²) in [6, 6.07) is 9.51. The Bertz CT molecular complexity index is 909. The minimum absolute atomic E-state index is 0.0406. The van der Waals surface area contributed by atoms with Gasteiger partial charge in [-0.1, -0.05) is 6.07 Å². The summed E-state index contributed by atoms with van der Waals surface area (Å²) in [6.07, 6.45) is 0.862. The number of methoxy groups -OCH3 is 3. The molecule has 30 heavy (non-hydrogen) atoms. The van der Waals surface area contributed by atoms with Crippen LogP contribution in [0.25, 0.3) is 0 Å². The normalized spacial score (nSPS) is 18.0. The maximum atomic E-state index is 13.2. The second-order valence-electron chi connectivity index (χ2n) is 6.97. The van der Waals surface area contributed by atoms with Crippen molar-refractivity contribution in [2.45, 2.75) is 11.7 Å². The topological polar surface area (TPSA) is 66.5 Å². The van der Waals surface area contributed by atoms with Gasteiger partial charge in [-0.15, -0.1) is 0 Å². The first kappa shape index (κ1) is 20.5. The first-order chi connectivity index (χ1) is 14.6. The van der Waals surface area contributed by atoms with Crippen LogP contribution in [0.3, 0.4) is 0 Å². The first-order valence-corrected chi connectivity index (χ1v) is 10.8. The van der Waals surface area contributed by atoms with E-state index in [9.17, 15) is 4.79 Å². The first-order valence-electron chi connectivity index (χ1n) is 9.75. The fourth-order valence-corrected chi connectivity index (χ4v) is 4.96. The van der Waals surface area contributed by atoms with Crippen molar-refractivity contribution in [1.82, 2.24) is 4.90 Å². The second-order valence-corrected chi connectivity index (χ2v) is 8.28. The monoisotopic (exact) mass is 431 g/mol. The fraction of sp³-hybridized carbons (Fsp3) is 0.409. The molecule has 1 atom stereocenters. The van der Waals surface area contributed by atoms with Crippen molar-refractivity contribution in [3.05, 3.63) is 41.5 Å². The van der Waals surface area contributed by atoms with Crippen LogP contribution in [0.15, 0.2) is 30.3 Å². The van der Waals surface area contributed by atoms with Gasteiger partial charge in [0.1, 0.15) is 0 Å². The van der Waals surface area contributed by atoms with Crippen molar-refractivity contribution in [3.63, 3.8) is 0 Å². The Morgan fingerprint density at radius 2 is 1.73 bits per heavy atom. The van der Waals surface area contributed by atoms with Crippen molar-refractivity contribution >= 4 is 17.7 Å². The van der Waals surface area contributed by atoms with Crippen molar-refractivity contribution in [1.29, 1.82) is 0 Å². The molecule has 0 radical (unpaired) electrons. The molecular weight excluding hydrogens is 406 g/mol. The van der Waals surface area contributed by atoms with Gasteiger partial charge in [-0.25, -0.2) is 0 Å². The molecule has 0 spiro atoms. The lowest BCUT2D eigenvalue weighted by atomic mass is 10.1. The molecule has 1 amide bonds. The van der Waals surface area contributed by atoms with Crippen LogP contribution >= 0.6 is 11.8 Å². The molecule has 2 heterocycles. The third kappa shape index (κ3) is 3.96.